The first kappa shape index (κ1) is 21.5. The van der Waals surface area contributed by atoms with Crippen LogP contribution in [0.5, 0.6) is 0 Å². The van der Waals surface area contributed by atoms with Crippen molar-refractivity contribution in [2.45, 2.75) is 39.2 Å². The zero-order chi connectivity index (χ0) is 20.9. The maximum atomic E-state index is 12.2. The highest BCUT2D eigenvalue weighted by atomic mass is 32.1. The van der Waals surface area contributed by atoms with Crippen molar-refractivity contribution in [3.8, 4) is 0 Å². The molecular weight excluding hydrogens is 376 g/mol. The lowest BCUT2D eigenvalue weighted by molar-refractivity contribution is -0.149. The van der Waals surface area contributed by atoms with Gasteiger partial charge in [0, 0.05) is 35.3 Å². The molecule has 0 unspecified atom stereocenters. The van der Waals surface area contributed by atoms with E-state index in [2.05, 4.69) is 4.85 Å². The highest BCUT2D eigenvalue weighted by Crippen LogP contribution is 2.31. The summed E-state index contributed by atoms with van der Waals surface area (Å²) >= 11 is 1.49. The van der Waals surface area contributed by atoms with Crippen molar-refractivity contribution in [3.05, 3.63) is 46.3 Å². The summed E-state index contributed by atoms with van der Waals surface area (Å²) in [5, 5.41) is 9.78. The Bertz CT molecular complexity index is 947. The lowest BCUT2D eigenvalue weighted by atomic mass is 10.2. The Morgan fingerprint density at radius 2 is 2.04 bits per heavy atom. The van der Waals surface area contributed by atoms with E-state index in [0.717, 1.165) is 20.7 Å². The molecule has 0 atom stereocenters. The van der Waals surface area contributed by atoms with Crippen molar-refractivity contribution in [3.63, 3.8) is 0 Å². The number of carboxylic acids is 1. The molecule has 148 valence electrons. The summed E-state index contributed by atoms with van der Waals surface area (Å²) in [6.45, 7) is 13.2. The van der Waals surface area contributed by atoms with Crippen LogP contribution in [-0.2, 0) is 14.3 Å². The van der Waals surface area contributed by atoms with Gasteiger partial charge < -0.3 is 14.7 Å². The standard InChI is InChI=1S/C21H24N2O4S/c1-21(2,3)27-20(26)17(22-4)13-16-11-14-8-9-15(12-18(14)28-16)23(5)10-6-7-19(24)25/h8-9,11-13H,6-7,10H2,1-3,5H3,(H,24,25)/b17-13-. The second kappa shape index (κ2) is 8.89. The number of carbonyl (C=O) groups is 2. The summed E-state index contributed by atoms with van der Waals surface area (Å²) in [5.74, 6) is -1.42. The first-order valence-electron chi connectivity index (χ1n) is 8.88. The molecule has 0 aliphatic rings. The van der Waals surface area contributed by atoms with Crippen molar-refractivity contribution in [2.75, 3.05) is 18.5 Å². The van der Waals surface area contributed by atoms with Gasteiger partial charge in [-0.2, -0.15) is 0 Å². The van der Waals surface area contributed by atoms with Crippen LogP contribution in [-0.4, -0.2) is 36.2 Å². The van der Waals surface area contributed by atoms with Crippen LogP contribution in [0.3, 0.4) is 0 Å². The van der Waals surface area contributed by atoms with Crippen LogP contribution in [0.1, 0.15) is 38.5 Å². The molecule has 2 rings (SSSR count). The quantitative estimate of drug-likeness (QED) is 0.410. The van der Waals surface area contributed by atoms with Gasteiger partial charge in [-0.3, -0.25) is 9.59 Å². The van der Waals surface area contributed by atoms with Gasteiger partial charge in [0.05, 0.1) is 6.57 Å². The minimum absolute atomic E-state index is 0.0486. The highest BCUT2D eigenvalue weighted by Gasteiger charge is 2.20. The minimum Gasteiger partial charge on any atom is -0.481 e. The largest absolute Gasteiger partial charge is 0.481 e. The van der Waals surface area contributed by atoms with E-state index >= 15 is 0 Å². The fraction of sp³-hybridized carbons (Fsp3) is 0.381. The fourth-order valence-electron chi connectivity index (χ4n) is 2.55. The van der Waals surface area contributed by atoms with Crippen LogP contribution in [0.25, 0.3) is 21.0 Å². The van der Waals surface area contributed by atoms with Crippen LogP contribution in [0, 0.1) is 6.57 Å². The molecule has 2 aromatic rings. The van der Waals surface area contributed by atoms with Gasteiger partial charge in [0.25, 0.3) is 5.70 Å². The summed E-state index contributed by atoms with van der Waals surface area (Å²) in [7, 11) is 1.93. The number of thiophene rings is 1. The third-order valence-electron chi connectivity index (χ3n) is 3.86. The Kier molecular flexibility index (Phi) is 6.81. The van der Waals surface area contributed by atoms with E-state index in [1.807, 2.05) is 36.2 Å². The first-order valence-corrected chi connectivity index (χ1v) is 9.70. The zero-order valence-electron chi connectivity index (χ0n) is 16.5. The summed E-state index contributed by atoms with van der Waals surface area (Å²) < 4.78 is 6.31. The normalized spacial score (nSPS) is 11.9. The van der Waals surface area contributed by atoms with Crippen molar-refractivity contribution in [1.29, 1.82) is 0 Å². The minimum atomic E-state index is -0.792. The second-order valence-electron chi connectivity index (χ2n) is 7.43. The summed E-state index contributed by atoms with van der Waals surface area (Å²) in [6.07, 6.45) is 2.28. The molecule has 0 spiro atoms. The predicted octanol–water partition coefficient (Wildman–Crippen LogP) is 4.80. The molecule has 0 radical (unpaired) electrons. The summed E-state index contributed by atoms with van der Waals surface area (Å²) in [4.78, 5) is 28.9. The van der Waals surface area contributed by atoms with E-state index in [0.29, 0.717) is 13.0 Å². The van der Waals surface area contributed by atoms with Crippen LogP contribution >= 0.6 is 11.3 Å². The number of esters is 1. The number of aliphatic carboxylic acids is 1. The molecule has 1 aromatic heterocycles. The number of fused-ring (bicyclic) bond motifs is 1. The zero-order valence-corrected chi connectivity index (χ0v) is 17.3. The SMILES string of the molecule is [C-]#[N+]/C(=C\c1cc2ccc(N(C)CCCC(=O)O)cc2s1)C(=O)OC(C)(C)C. The van der Waals surface area contributed by atoms with Crippen LogP contribution in [0.4, 0.5) is 5.69 Å². The maximum Gasteiger partial charge on any atom is 0.336 e. The van der Waals surface area contributed by atoms with Gasteiger partial charge in [-0.1, -0.05) is 6.07 Å². The third-order valence-corrected chi connectivity index (χ3v) is 4.90. The fourth-order valence-corrected chi connectivity index (χ4v) is 3.58. The number of ether oxygens (including phenoxy) is 1. The van der Waals surface area contributed by atoms with Crippen LogP contribution in [0.15, 0.2) is 30.0 Å². The number of benzene rings is 1. The number of carboxylic acid groups (broad SMARTS) is 1. The Labute approximate surface area is 168 Å². The molecule has 0 fully saturated rings. The molecule has 0 aliphatic heterocycles. The molecule has 0 saturated carbocycles. The molecule has 1 N–H and O–H groups in total. The van der Waals surface area contributed by atoms with Crippen LogP contribution in [0.2, 0.25) is 0 Å². The van der Waals surface area contributed by atoms with Gasteiger partial charge in [0.2, 0.25) is 0 Å². The number of anilines is 1. The molecule has 6 nitrogen and oxygen atoms in total. The molecule has 1 aromatic carbocycles. The third kappa shape index (κ3) is 6.10. The Hall–Kier alpha value is -2.85. The molecule has 1 heterocycles. The molecule has 0 amide bonds. The Morgan fingerprint density at radius 1 is 1.32 bits per heavy atom. The average Bonchev–Trinajstić information content (AvgIpc) is 2.99. The van der Waals surface area contributed by atoms with Crippen molar-refractivity contribution in [2.24, 2.45) is 0 Å². The maximum absolute atomic E-state index is 12.2. The van der Waals surface area contributed by atoms with Crippen molar-refractivity contribution >= 4 is 45.1 Å². The molecular formula is C21H24N2O4S. The Morgan fingerprint density at radius 3 is 2.64 bits per heavy atom. The lowest BCUT2D eigenvalue weighted by Crippen LogP contribution is -2.24. The highest BCUT2D eigenvalue weighted by molar-refractivity contribution is 7.19. The van der Waals surface area contributed by atoms with Gasteiger partial charge in [-0.25, -0.2) is 4.85 Å². The molecule has 0 saturated heterocycles. The van der Waals surface area contributed by atoms with Crippen LogP contribution < -0.4 is 4.90 Å². The summed E-state index contributed by atoms with van der Waals surface area (Å²) in [6, 6.07) is 7.93. The topological polar surface area (TPSA) is 71.2 Å². The second-order valence-corrected chi connectivity index (χ2v) is 8.55. The van der Waals surface area contributed by atoms with Gasteiger partial charge in [-0.15, -0.1) is 11.3 Å². The molecule has 0 bridgehead atoms. The molecule has 7 heteroatoms. The predicted molar refractivity (Wildman–Crippen MR) is 112 cm³/mol. The monoisotopic (exact) mass is 400 g/mol. The number of hydrogen-bond acceptors (Lipinski definition) is 5. The number of hydrogen-bond donors (Lipinski definition) is 1. The van der Waals surface area contributed by atoms with E-state index in [4.69, 9.17) is 16.4 Å². The van der Waals surface area contributed by atoms with E-state index < -0.39 is 17.5 Å². The van der Waals surface area contributed by atoms with E-state index in [-0.39, 0.29) is 12.1 Å². The smallest absolute Gasteiger partial charge is 0.336 e. The van der Waals surface area contributed by atoms with Gasteiger partial charge >= 0.3 is 11.9 Å². The van der Waals surface area contributed by atoms with Gasteiger partial charge in [-0.05, 0) is 56.9 Å². The van der Waals surface area contributed by atoms with E-state index in [1.54, 1.807) is 26.8 Å². The number of nitrogens with zero attached hydrogens (tertiary/aromatic N) is 2. The summed E-state index contributed by atoms with van der Waals surface area (Å²) in [5.41, 5.74) is 0.293. The van der Waals surface area contributed by atoms with Crippen molar-refractivity contribution < 1.29 is 19.4 Å². The Balaban J connectivity index is 2.20. The van der Waals surface area contributed by atoms with E-state index in [1.165, 1.54) is 11.3 Å². The number of carbonyl (C=O) groups excluding carboxylic acids is 1. The van der Waals surface area contributed by atoms with Gasteiger partial charge in [0.1, 0.15) is 5.60 Å². The van der Waals surface area contributed by atoms with Gasteiger partial charge in [0.15, 0.2) is 0 Å². The van der Waals surface area contributed by atoms with E-state index in [9.17, 15) is 9.59 Å². The number of rotatable bonds is 7. The first-order chi connectivity index (χ1) is 13.1. The lowest BCUT2D eigenvalue weighted by Gasteiger charge is -2.19. The molecule has 0 aliphatic carbocycles. The van der Waals surface area contributed by atoms with Crippen molar-refractivity contribution in [1.82, 2.24) is 0 Å². The molecule has 28 heavy (non-hydrogen) atoms. The average molecular weight is 401 g/mol.